The molecule has 0 saturated carbocycles. The number of carbonyl (C=O) groups excluding carboxylic acids is 2. The zero-order valence-corrected chi connectivity index (χ0v) is 14.1. The molecular weight excluding hydrogens is 434 g/mol. The number of amides is 1. The highest BCUT2D eigenvalue weighted by molar-refractivity contribution is 9.11. The van der Waals surface area contributed by atoms with E-state index in [2.05, 4.69) is 57.8 Å². The largest absolute Gasteiger partial charge is 0.468 e. The molecule has 98 valence electrons. The second-order valence-corrected chi connectivity index (χ2v) is 6.20. The monoisotopic (exact) mass is 441 g/mol. The number of hydrogen-bond donors (Lipinski definition) is 1. The predicted molar refractivity (Wildman–Crippen MR) is 78.9 cm³/mol. The van der Waals surface area contributed by atoms with Crippen molar-refractivity contribution in [2.75, 3.05) is 13.7 Å². The topological polar surface area (TPSA) is 55.4 Å². The zero-order chi connectivity index (χ0) is 13.7. The van der Waals surface area contributed by atoms with Crippen LogP contribution in [-0.4, -0.2) is 30.4 Å². The number of methoxy groups -OCH3 is 1. The van der Waals surface area contributed by atoms with Crippen molar-refractivity contribution < 1.29 is 14.3 Å². The summed E-state index contributed by atoms with van der Waals surface area (Å²) in [6.45, 7) is 0.157. The Kier molecular flexibility index (Phi) is 6.31. The summed E-state index contributed by atoms with van der Waals surface area (Å²) in [6.07, 6.45) is 0. The molecule has 0 aliphatic rings. The van der Waals surface area contributed by atoms with Crippen molar-refractivity contribution in [3.05, 3.63) is 32.7 Å². The Morgan fingerprint density at radius 3 is 2.67 bits per heavy atom. The zero-order valence-electron chi connectivity index (χ0n) is 9.38. The van der Waals surface area contributed by atoms with Crippen LogP contribution in [0.3, 0.4) is 0 Å². The lowest BCUT2D eigenvalue weighted by Gasteiger charge is -2.10. The lowest BCUT2D eigenvalue weighted by atomic mass is 10.2. The summed E-state index contributed by atoms with van der Waals surface area (Å²) >= 11 is 9.72. The van der Waals surface area contributed by atoms with Gasteiger partial charge in [0, 0.05) is 15.5 Å². The van der Waals surface area contributed by atoms with E-state index < -0.39 is 10.8 Å². The van der Waals surface area contributed by atoms with Crippen LogP contribution in [0.25, 0.3) is 0 Å². The molecule has 0 aliphatic heterocycles. The molecule has 4 nitrogen and oxygen atoms in total. The molecule has 18 heavy (non-hydrogen) atoms. The van der Waals surface area contributed by atoms with Gasteiger partial charge in [-0.25, -0.2) is 0 Å². The number of benzene rings is 1. The summed E-state index contributed by atoms with van der Waals surface area (Å²) in [7, 11) is 1.29. The first-order chi connectivity index (χ1) is 8.45. The van der Waals surface area contributed by atoms with Crippen LogP contribution < -0.4 is 5.32 Å². The minimum absolute atomic E-state index is 0.157. The number of esters is 1. The molecule has 1 aromatic rings. The van der Waals surface area contributed by atoms with Crippen LogP contribution in [0.5, 0.6) is 0 Å². The SMILES string of the molecule is COC(=O)C(Br)CNC(=O)c1cc(Br)ccc1Br. The highest BCUT2D eigenvalue weighted by atomic mass is 79.9. The Bertz CT molecular complexity index is 465. The maximum atomic E-state index is 11.9. The fourth-order valence-electron chi connectivity index (χ4n) is 1.16. The van der Waals surface area contributed by atoms with Gasteiger partial charge in [0.1, 0.15) is 4.83 Å². The Balaban J connectivity index is 2.66. The molecule has 1 amide bonds. The van der Waals surface area contributed by atoms with Gasteiger partial charge in [0.15, 0.2) is 0 Å². The Morgan fingerprint density at radius 2 is 2.06 bits per heavy atom. The Labute approximate surface area is 130 Å². The van der Waals surface area contributed by atoms with Gasteiger partial charge in [0.05, 0.1) is 12.7 Å². The number of ether oxygens (including phenoxy) is 1. The highest BCUT2D eigenvalue weighted by Crippen LogP contribution is 2.21. The van der Waals surface area contributed by atoms with E-state index in [1.807, 2.05) is 6.07 Å². The molecule has 0 saturated heterocycles. The van der Waals surface area contributed by atoms with Gasteiger partial charge in [0.25, 0.3) is 5.91 Å². The fraction of sp³-hybridized carbons (Fsp3) is 0.273. The first kappa shape index (κ1) is 15.7. The first-order valence-electron chi connectivity index (χ1n) is 4.91. The fourth-order valence-corrected chi connectivity index (χ4v) is 2.30. The molecule has 7 heteroatoms. The average molecular weight is 444 g/mol. The quantitative estimate of drug-likeness (QED) is 0.575. The van der Waals surface area contributed by atoms with Gasteiger partial charge in [-0.3, -0.25) is 9.59 Å². The van der Waals surface area contributed by atoms with Crippen molar-refractivity contribution in [3.63, 3.8) is 0 Å². The van der Waals surface area contributed by atoms with Gasteiger partial charge in [-0.1, -0.05) is 31.9 Å². The minimum Gasteiger partial charge on any atom is -0.468 e. The van der Waals surface area contributed by atoms with Gasteiger partial charge in [-0.15, -0.1) is 0 Å². The first-order valence-corrected chi connectivity index (χ1v) is 7.41. The molecule has 1 rings (SSSR count). The molecule has 0 radical (unpaired) electrons. The number of nitrogens with one attached hydrogen (secondary N) is 1. The molecule has 1 N–H and O–H groups in total. The summed E-state index contributed by atoms with van der Waals surface area (Å²) in [5.41, 5.74) is 0.494. The molecule has 0 aliphatic carbocycles. The van der Waals surface area contributed by atoms with Crippen molar-refractivity contribution in [1.82, 2.24) is 5.32 Å². The van der Waals surface area contributed by atoms with Crippen molar-refractivity contribution in [2.24, 2.45) is 0 Å². The summed E-state index contributed by atoms with van der Waals surface area (Å²) in [5.74, 6) is -0.694. The third-order valence-corrected chi connectivity index (χ3v) is 3.95. The number of carbonyl (C=O) groups is 2. The maximum Gasteiger partial charge on any atom is 0.321 e. The standard InChI is InChI=1S/C11H10Br3NO3/c1-18-11(17)9(14)5-15-10(16)7-4-6(12)2-3-8(7)13/h2-4,9H,5H2,1H3,(H,15,16). The molecule has 0 spiro atoms. The second kappa shape index (κ2) is 7.25. The van der Waals surface area contributed by atoms with Crippen LogP contribution in [0.2, 0.25) is 0 Å². The Morgan fingerprint density at radius 1 is 1.39 bits per heavy atom. The second-order valence-electron chi connectivity index (χ2n) is 3.32. The van der Waals surface area contributed by atoms with E-state index >= 15 is 0 Å². The van der Waals surface area contributed by atoms with Gasteiger partial charge < -0.3 is 10.1 Å². The van der Waals surface area contributed by atoms with Crippen LogP contribution in [0.1, 0.15) is 10.4 Å². The van der Waals surface area contributed by atoms with Crippen molar-refractivity contribution in [1.29, 1.82) is 0 Å². The van der Waals surface area contributed by atoms with Crippen molar-refractivity contribution in [3.8, 4) is 0 Å². The number of hydrogen-bond acceptors (Lipinski definition) is 3. The summed E-state index contributed by atoms with van der Waals surface area (Å²) in [6, 6.07) is 5.29. The third kappa shape index (κ3) is 4.37. The Hall–Kier alpha value is -0.400. The number of rotatable bonds is 4. The summed E-state index contributed by atoms with van der Waals surface area (Å²) < 4.78 is 6.03. The summed E-state index contributed by atoms with van der Waals surface area (Å²) in [4.78, 5) is 22.5. The third-order valence-electron chi connectivity index (χ3n) is 2.07. The van der Waals surface area contributed by atoms with Crippen LogP contribution >= 0.6 is 47.8 Å². The van der Waals surface area contributed by atoms with E-state index in [1.165, 1.54) is 7.11 Å². The number of alkyl halides is 1. The van der Waals surface area contributed by atoms with E-state index in [0.717, 1.165) is 4.47 Å². The van der Waals surface area contributed by atoms with E-state index in [-0.39, 0.29) is 12.5 Å². The van der Waals surface area contributed by atoms with Crippen molar-refractivity contribution in [2.45, 2.75) is 4.83 Å². The minimum atomic E-state index is -0.558. The molecule has 0 aromatic heterocycles. The van der Waals surface area contributed by atoms with Crippen LogP contribution in [-0.2, 0) is 9.53 Å². The van der Waals surface area contributed by atoms with Gasteiger partial charge in [-0.2, -0.15) is 0 Å². The molecule has 0 bridgehead atoms. The highest BCUT2D eigenvalue weighted by Gasteiger charge is 2.17. The predicted octanol–water partition coefficient (Wildman–Crippen LogP) is 2.88. The van der Waals surface area contributed by atoms with E-state index in [4.69, 9.17) is 0 Å². The molecule has 1 aromatic carbocycles. The molecule has 0 fully saturated rings. The van der Waals surface area contributed by atoms with Crippen LogP contribution in [0.4, 0.5) is 0 Å². The average Bonchev–Trinajstić information content (AvgIpc) is 2.37. The lowest BCUT2D eigenvalue weighted by Crippen LogP contribution is -2.34. The molecule has 0 heterocycles. The maximum absolute atomic E-state index is 11.9. The van der Waals surface area contributed by atoms with Gasteiger partial charge >= 0.3 is 5.97 Å². The molecule has 1 atom stereocenters. The smallest absolute Gasteiger partial charge is 0.321 e. The normalized spacial score (nSPS) is 11.8. The molecule has 1 unspecified atom stereocenters. The van der Waals surface area contributed by atoms with Gasteiger partial charge in [-0.05, 0) is 34.1 Å². The lowest BCUT2D eigenvalue weighted by molar-refractivity contribution is -0.139. The van der Waals surface area contributed by atoms with Crippen LogP contribution in [0.15, 0.2) is 27.1 Å². The summed E-state index contributed by atoms with van der Waals surface area (Å²) in [5, 5.41) is 2.64. The van der Waals surface area contributed by atoms with Crippen molar-refractivity contribution >= 4 is 59.7 Å². The van der Waals surface area contributed by atoms with E-state index in [1.54, 1.807) is 12.1 Å². The van der Waals surface area contributed by atoms with Crippen LogP contribution in [0, 0.1) is 0 Å². The number of halogens is 3. The van der Waals surface area contributed by atoms with E-state index in [0.29, 0.717) is 10.0 Å². The van der Waals surface area contributed by atoms with Gasteiger partial charge in [0.2, 0.25) is 0 Å². The van der Waals surface area contributed by atoms with E-state index in [9.17, 15) is 9.59 Å². The molecular formula is C11H10Br3NO3.